The SMILES string of the molecule is COc1ccc(C2(C(=O)NCc3nccn3C(C)C)CCCC2)cc1OC. The van der Waals surface area contributed by atoms with Gasteiger partial charge in [0.15, 0.2) is 11.5 Å². The van der Waals surface area contributed by atoms with Crippen LogP contribution >= 0.6 is 0 Å². The third-order valence-corrected chi connectivity index (χ3v) is 5.54. The number of amides is 1. The Labute approximate surface area is 160 Å². The molecule has 1 aliphatic rings. The third-order valence-electron chi connectivity index (χ3n) is 5.54. The highest BCUT2D eigenvalue weighted by Crippen LogP contribution is 2.44. The highest BCUT2D eigenvalue weighted by Gasteiger charge is 2.43. The first-order valence-corrected chi connectivity index (χ1v) is 9.54. The van der Waals surface area contributed by atoms with Crippen molar-refractivity contribution in [2.24, 2.45) is 0 Å². The molecule has 1 aliphatic carbocycles. The maximum Gasteiger partial charge on any atom is 0.231 e. The molecule has 6 nitrogen and oxygen atoms in total. The Balaban J connectivity index is 1.84. The summed E-state index contributed by atoms with van der Waals surface area (Å²) in [7, 11) is 3.24. The molecular formula is C21H29N3O3. The molecule has 0 bridgehead atoms. The van der Waals surface area contributed by atoms with Gasteiger partial charge in [-0.05, 0) is 44.4 Å². The van der Waals surface area contributed by atoms with Gasteiger partial charge in [-0.15, -0.1) is 0 Å². The Kier molecular flexibility index (Phi) is 5.73. The number of rotatable bonds is 7. The van der Waals surface area contributed by atoms with Crippen LogP contribution in [0.2, 0.25) is 0 Å². The second kappa shape index (κ2) is 8.03. The van der Waals surface area contributed by atoms with Gasteiger partial charge in [-0.2, -0.15) is 0 Å². The normalized spacial score (nSPS) is 15.7. The van der Waals surface area contributed by atoms with Crippen molar-refractivity contribution in [1.29, 1.82) is 0 Å². The molecule has 1 saturated carbocycles. The number of hydrogen-bond donors (Lipinski definition) is 1. The lowest BCUT2D eigenvalue weighted by molar-refractivity contribution is -0.126. The van der Waals surface area contributed by atoms with Crippen LogP contribution in [0.5, 0.6) is 11.5 Å². The van der Waals surface area contributed by atoms with Gasteiger partial charge < -0.3 is 19.4 Å². The monoisotopic (exact) mass is 371 g/mol. The first-order valence-electron chi connectivity index (χ1n) is 9.54. The standard InChI is InChI=1S/C21H29N3O3/c1-15(2)24-12-11-22-19(24)14-23-20(25)21(9-5-6-10-21)16-7-8-17(26-3)18(13-16)27-4/h7-8,11-13,15H,5-6,9-10,14H2,1-4H3,(H,23,25). The fourth-order valence-corrected chi connectivity index (χ4v) is 4.04. The van der Waals surface area contributed by atoms with E-state index >= 15 is 0 Å². The minimum absolute atomic E-state index is 0.0607. The van der Waals surface area contributed by atoms with Crippen LogP contribution in [0.15, 0.2) is 30.6 Å². The summed E-state index contributed by atoms with van der Waals surface area (Å²) in [5.41, 5.74) is 0.469. The molecule has 1 aromatic heterocycles. The molecule has 0 saturated heterocycles. The molecule has 6 heteroatoms. The number of carbonyl (C=O) groups is 1. The van der Waals surface area contributed by atoms with Crippen molar-refractivity contribution >= 4 is 5.91 Å². The van der Waals surface area contributed by atoms with E-state index in [2.05, 4.69) is 28.7 Å². The van der Waals surface area contributed by atoms with Crippen LogP contribution in [0, 0.1) is 0 Å². The van der Waals surface area contributed by atoms with Crippen LogP contribution < -0.4 is 14.8 Å². The van der Waals surface area contributed by atoms with Gasteiger partial charge in [-0.3, -0.25) is 4.79 Å². The zero-order valence-corrected chi connectivity index (χ0v) is 16.6. The van der Waals surface area contributed by atoms with Gasteiger partial charge in [-0.25, -0.2) is 4.98 Å². The maximum absolute atomic E-state index is 13.3. The van der Waals surface area contributed by atoms with E-state index in [0.29, 0.717) is 24.1 Å². The molecule has 0 unspecified atom stereocenters. The van der Waals surface area contributed by atoms with Crippen molar-refractivity contribution in [3.05, 3.63) is 42.0 Å². The minimum atomic E-state index is -0.519. The Morgan fingerprint density at radius 1 is 1.22 bits per heavy atom. The lowest BCUT2D eigenvalue weighted by Crippen LogP contribution is -2.42. The Hall–Kier alpha value is -2.50. The maximum atomic E-state index is 13.3. The summed E-state index contributed by atoms with van der Waals surface area (Å²) < 4.78 is 12.9. The molecule has 0 radical (unpaired) electrons. The molecule has 1 amide bonds. The molecule has 1 heterocycles. The van der Waals surface area contributed by atoms with Crippen molar-refractivity contribution < 1.29 is 14.3 Å². The molecule has 2 aromatic rings. The van der Waals surface area contributed by atoms with E-state index in [1.807, 2.05) is 24.4 Å². The first-order chi connectivity index (χ1) is 13.0. The molecule has 0 spiro atoms. The van der Waals surface area contributed by atoms with Gasteiger partial charge in [0, 0.05) is 18.4 Å². The average molecular weight is 371 g/mol. The number of nitrogens with zero attached hydrogens (tertiary/aromatic N) is 2. The van der Waals surface area contributed by atoms with Crippen LogP contribution in [0.4, 0.5) is 0 Å². The highest BCUT2D eigenvalue weighted by molar-refractivity contribution is 5.88. The van der Waals surface area contributed by atoms with Gasteiger partial charge in [0.1, 0.15) is 5.82 Å². The molecule has 0 aliphatic heterocycles. The van der Waals surface area contributed by atoms with Crippen molar-refractivity contribution in [1.82, 2.24) is 14.9 Å². The van der Waals surface area contributed by atoms with E-state index in [1.54, 1.807) is 20.4 Å². The fraction of sp³-hybridized carbons (Fsp3) is 0.524. The van der Waals surface area contributed by atoms with E-state index in [-0.39, 0.29) is 5.91 Å². The number of ether oxygens (including phenoxy) is 2. The molecule has 0 atom stereocenters. The first kappa shape index (κ1) is 19.3. The number of nitrogens with one attached hydrogen (secondary N) is 1. The van der Waals surface area contributed by atoms with Gasteiger partial charge >= 0.3 is 0 Å². The van der Waals surface area contributed by atoms with Crippen LogP contribution in [-0.2, 0) is 16.8 Å². The molecule has 146 valence electrons. The van der Waals surface area contributed by atoms with Gasteiger partial charge in [-0.1, -0.05) is 18.9 Å². The number of benzene rings is 1. The summed E-state index contributed by atoms with van der Waals surface area (Å²) in [6.45, 7) is 4.64. The molecule has 1 aromatic carbocycles. The summed E-state index contributed by atoms with van der Waals surface area (Å²) in [5, 5.41) is 3.13. The van der Waals surface area contributed by atoms with E-state index in [1.165, 1.54) is 0 Å². The number of hydrogen-bond acceptors (Lipinski definition) is 4. The molecule has 1 fully saturated rings. The van der Waals surface area contributed by atoms with E-state index in [9.17, 15) is 4.79 Å². The van der Waals surface area contributed by atoms with E-state index in [0.717, 1.165) is 37.1 Å². The van der Waals surface area contributed by atoms with Crippen molar-refractivity contribution in [3.63, 3.8) is 0 Å². The van der Waals surface area contributed by atoms with Crippen LogP contribution in [-0.4, -0.2) is 29.7 Å². The molecular weight excluding hydrogens is 342 g/mol. The van der Waals surface area contributed by atoms with Crippen molar-refractivity contribution in [3.8, 4) is 11.5 Å². The second-order valence-electron chi connectivity index (χ2n) is 7.39. The topological polar surface area (TPSA) is 65.4 Å². The highest BCUT2D eigenvalue weighted by atomic mass is 16.5. The molecule has 1 N–H and O–H groups in total. The molecule has 3 rings (SSSR count). The van der Waals surface area contributed by atoms with E-state index < -0.39 is 5.41 Å². The number of aromatic nitrogens is 2. The Bertz CT molecular complexity index is 792. The zero-order chi connectivity index (χ0) is 19.4. The Morgan fingerprint density at radius 3 is 2.56 bits per heavy atom. The van der Waals surface area contributed by atoms with E-state index in [4.69, 9.17) is 9.47 Å². The quantitative estimate of drug-likeness (QED) is 0.807. The largest absolute Gasteiger partial charge is 0.493 e. The van der Waals surface area contributed by atoms with Crippen LogP contribution in [0.25, 0.3) is 0 Å². The predicted octanol–water partition coefficient (Wildman–Crippen LogP) is 3.61. The average Bonchev–Trinajstić information content (AvgIpc) is 3.35. The lowest BCUT2D eigenvalue weighted by atomic mass is 9.77. The van der Waals surface area contributed by atoms with Crippen molar-refractivity contribution in [2.45, 2.75) is 57.5 Å². The minimum Gasteiger partial charge on any atom is -0.493 e. The van der Waals surface area contributed by atoms with Crippen molar-refractivity contribution in [2.75, 3.05) is 14.2 Å². The van der Waals surface area contributed by atoms with Crippen LogP contribution in [0.3, 0.4) is 0 Å². The summed E-state index contributed by atoms with van der Waals surface area (Å²) >= 11 is 0. The summed E-state index contributed by atoms with van der Waals surface area (Å²) in [5.74, 6) is 2.27. The number of imidazole rings is 1. The zero-order valence-electron chi connectivity index (χ0n) is 16.6. The third kappa shape index (κ3) is 3.66. The smallest absolute Gasteiger partial charge is 0.231 e. The fourth-order valence-electron chi connectivity index (χ4n) is 4.04. The van der Waals surface area contributed by atoms with Gasteiger partial charge in [0.05, 0.1) is 26.2 Å². The van der Waals surface area contributed by atoms with Crippen LogP contribution in [0.1, 0.15) is 57.0 Å². The molecule has 27 heavy (non-hydrogen) atoms. The summed E-state index contributed by atoms with van der Waals surface area (Å²) in [6, 6.07) is 6.12. The lowest BCUT2D eigenvalue weighted by Gasteiger charge is -2.29. The summed E-state index contributed by atoms with van der Waals surface area (Å²) in [6.07, 6.45) is 7.50. The van der Waals surface area contributed by atoms with Gasteiger partial charge in [0.25, 0.3) is 0 Å². The Morgan fingerprint density at radius 2 is 1.93 bits per heavy atom. The number of carbonyl (C=O) groups excluding carboxylic acids is 1. The summed E-state index contributed by atoms with van der Waals surface area (Å²) in [4.78, 5) is 17.7. The second-order valence-corrected chi connectivity index (χ2v) is 7.39. The number of methoxy groups -OCH3 is 2. The predicted molar refractivity (Wildman–Crippen MR) is 104 cm³/mol. The van der Waals surface area contributed by atoms with Gasteiger partial charge in [0.2, 0.25) is 5.91 Å².